The van der Waals surface area contributed by atoms with Crippen molar-refractivity contribution in [2.75, 3.05) is 22.4 Å². The second-order valence-corrected chi connectivity index (χ2v) is 8.44. The van der Waals surface area contributed by atoms with Gasteiger partial charge in [0, 0.05) is 5.69 Å². The molecule has 1 amide bonds. The van der Waals surface area contributed by atoms with Gasteiger partial charge in [-0.1, -0.05) is 29.3 Å². The summed E-state index contributed by atoms with van der Waals surface area (Å²) in [6, 6.07) is 9.88. The molecule has 0 aliphatic heterocycles. The first-order valence-electron chi connectivity index (χ1n) is 7.38. The van der Waals surface area contributed by atoms with Crippen molar-refractivity contribution in [3.63, 3.8) is 0 Å². The zero-order chi connectivity index (χ0) is 18.8. The van der Waals surface area contributed by atoms with E-state index < -0.39 is 15.9 Å². The van der Waals surface area contributed by atoms with Crippen LogP contribution < -0.4 is 9.62 Å². The van der Waals surface area contributed by atoms with E-state index in [1.165, 1.54) is 6.07 Å². The van der Waals surface area contributed by atoms with Crippen LogP contribution in [-0.4, -0.2) is 27.1 Å². The number of rotatable bonds is 5. The van der Waals surface area contributed by atoms with Crippen LogP contribution in [-0.2, 0) is 14.8 Å². The van der Waals surface area contributed by atoms with E-state index in [0.717, 1.165) is 21.7 Å². The topological polar surface area (TPSA) is 66.5 Å². The number of halogens is 2. The third-order valence-corrected chi connectivity index (χ3v) is 5.55. The maximum atomic E-state index is 12.3. The lowest BCUT2D eigenvalue weighted by molar-refractivity contribution is -0.114. The number of hydrogen-bond donors (Lipinski definition) is 1. The Kier molecular flexibility index (Phi) is 5.98. The highest BCUT2D eigenvalue weighted by atomic mass is 35.5. The minimum atomic E-state index is -3.62. The van der Waals surface area contributed by atoms with E-state index in [1.807, 2.05) is 19.9 Å². The minimum absolute atomic E-state index is 0.300. The maximum absolute atomic E-state index is 12.3. The lowest BCUT2D eigenvalue weighted by atomic mass is 10.1. The first-order chi connectivity index (χ1) is 11.6. The van der Waals surface area contributed by atoms with Gasteiger partial charge >= 0.3 is 0 Å². The van der Waals surface area contributed by atoms with E-state index in [9.17, 15) is 13.2 Å². The van der Waals surface area contributed by atoms with Crippen LogP contribution in [0.1, 0.15) is 11.1 Å². The van der Waals surface area contributed by atoms with Crippen molar-refractivity contribution in [1.82, 2.24) is 0 Å². The van der Waals surface area contributed by atoms with E-state index in [4.69, 9.17) is 23.2 Å². The molecule has 0 fully saturated rings. The summed E-state index contributed by atoms with van der Waals surface area (Å²) >= 11 is 11.8. The van der Waals surface area contributed by atoms with Crippen molar-refractivity contribution >= 4 is 50.5 Å². The summed E-state index contributed by atoms with van der Waals surface area (Å²) in [4.78, 5) is 12.3. The molecule has 2 aromatic carbocycles. The molecular formula is C17H18Cl2N2O3S. The summed E-state index contributed by atoms with van der Waals surface area (Å²) in [5, 5.41) is 3.29. The predicted octanol–water partition coefficient (Wildman–Crippen LogP) is 4.01. The third kappa shape index (κ3) is 5.11. The summed E-state index contributed by atoms with van der Waals surface area (Å²) in [6.45, 7) is 3.47. The molecule has 8 heteroatoms. The van der Waals surface area contributed by atoms with Crippen LogP contribution in [0.15, 0.2) is 36.4 Å². The lowest BCUT2D eigenvalue weighted by Gasteiger charge is -2.22. The van der Waals surface area contributed by atoms with E-state index in [1.54, 1.807) is 24.3 Å². The smallest absolute Gasteiger partial charge is 0.245 e. The number of sulfonamides is 1. The fourth-order valence-electron chi connectivity index (χ4n) is 2.19. The SMILES string of the molecule is Cc1ccc(N(CC(=O)Nc2ccc(Cl)c(Cl)c2)S(C)(=O)=O)cc1C. The predicted molar refractivity (Wildman–Crippen MR) is 103 cm³/mol. The van der Waals surface area contributed by atoms with Crippen LogP contribution in [0.4, 0.5) is 11.4 Å². The average molecular weight is 401 g/mol. The summed E-state index contributed by atoms with van der Waals surface area (Å²) in [5.74, 6) is -0.484. The molecule has 134 valence electrons. The zero-order valence-corrected chi connectivity index (χ0v) is 16.3. The zero-order valence-electron chi connectivity index (χ0n) is 14.0. The number of aryl methyl sites for hydroxylation is 2. The molecule has 0 aliphatic rings. The van der Waals surface area contributed by atoms with Crippen LogP contribution in [0.3, 0.4) is 0 Å². The van der Waals surface area contributed by atoms with Gasteiger partial charge in [-0.25, -0.2) is 8.42 Å². The molecular weight excluding hydrogens is 383 g/mol. The number of nitrogens with zero attached hydrogens (tertiary/aromatic N) is 1. The Bertz CT molecular complexity index is 914. The molecule has 5 nitrogen and oxygen atoms in total. The number of benzene rings is 2. The minimum Gasteiger partial charge on any atom is -0.324 e. The molecule has 0 atom stereocenters. The van der Waals surface area contributed by atoms with E-state index in [2.05, 4.69) is 5.32 Å². The van der Waals surface area contributed by atoms with E-state index in [0.29, 0.717) is 21.4 Å². The molecule has 0 saturated heterocycles. The van der Waals surface area contributed by atoms with Crippen molar-refractivity contribution in [2.45, 2.75) is 13.8 Å². The van der Waals surface area contributed by atoms with Crippen molar-refractivity contribution < 1.29 is 13.2 Å². The highest BCUT2D eigenvalue weighted by molar-refractivity contribution is 7.92. The van der Waals surface area contributed by atoms with Crippen LogP contribution >= 0.6 is 23.2 Å². The molecule has 0 aliphatic carbocycles. The monoisotopic (exact) mass is 400 g/mol. The molecule has 0 aromatic heterocycles. The first kappa shape index (κ1) is 19.6. The second kappa shape index (κ2) is 7.64. The number of carbonyl (C=O) groups excluding carboxylic acids is 1. The number of amides is 1. The fraction of sp³-hybridized carbons (Fsp3) is 0.235. The molecule has 1 N–H and O–H groups in total. The first-order valence-corrected chi connectivity index (χ1v) is 9.98. The van der Waals surface area contributed by atoms with Gasteiger partial charge in [0.2, 0.25) is 15.9 Å². The Morgan fingerprint density at radius 2 is 1.72 bits per heavy atom. The van der Waals surface area contributed by atoms with Gasteiger partial charge in [-0.05, 0) is 55.3 Å². The van der Waals surface area contributed by atoms with Gasteiger partial charge in [0.25, 0.3) is 0 Å². The summed E-state index contributed by atoms with van der Waals surface area (Å²) in [5.41, 5.74) is 2.86. The third-order valence-electron chi connectivity index (χ3n) is 3.67. The van der Waals surface area contributed by atoms with Crippen molar-refractivity contribution in [3.8, 4) is 0 Å². The average Bonchev–Trinajstić information content (AvgIpc) is 2.50. The van der Waals surface area contributed by atoms with Gasteiger partial charge in [-0.3, -0.25) is 9.10 Å². The summed E-state index contributed by atoms with van der Waals surface area (Å²) in [7, 11) is -3.62. The Morgan fingerprint density at radius 1 is 1.04 bits per heavy atom. The highest BCUT2D eigenvalue weighted by Gasteiger charge is 2.21. The summed E-state index contributed by atoms with van der Waals surface area (Å²) < 4.78 is 25.3. The lowest BCUT2D eigenvalue weighted by Crippen LogP contribution is -2.37. The molecule has 2 aromatic rings. The van der Waals surface area contributed by atoms with Gasteiger partial charge in [-0.15, -0.1) is 0 Å². The van der Waals surface area contributed by atoms with Gasteiger partial charge in [-0.2, -0.15) is 0 Å². The maximum Gasteiger partial charge on any atom is 0.245 e. The number of carbonyl (C=O) groups is 1. The van der Waals surface area contributed by atoms with Crippen LogP contribution in [0.5, 0.6) is 0 Å². The highest BCUT2D eigenvalue weighted by Crippen LogP contribution is 2.25. The van der Waals surface area contributed by atoms with Crippen LogP contribution in [0.2, 0.25) is 10.0 Å². The Hall–Kier alpha value is -1.76. The molecule has 0 unspecified atom stereocenters. The molecule has 25 heavy (non-hydrogen) atoms. The molecule has 2 rings (SSSR count). The fourth-order valence-corrected chi connectivity index (χ4v) is 3.33. The second-order valence-electron chi connectivity index (χ2n) is 5.72. The van der Waals surface area contributed by atoms with Gasteiger partial charge in [0.05, 0.1) is 22.0 Å². The Balaban J connectivity index is 2.23. The number of nitrogens with one attached hydrogen (secondary N) is 1. The van der Waals surface area contributed by atoms with E-state index in [-0.39, 0.29) is 6.54 Å². The largest absolute Gasteiger partial charge is 0.324 e. The quantitative estimate of drug-likeness (QED) is 0.823. The molecule has 0 bridgehead atoms. The number of anilines is 2. The molecule has 0 heterocycles. The van der Waals surface area contributed by atoms with E-state index >= 15 is 0 Å². The Labute approximate surface area is 157 Å². The van der Waals surface area contributed by atoms with Gasteiger partial charge in [0.1, 0.15) is 6.54 Å². The van der Waals surface area contributed by atoms with Crippen molar-refractivity contribution in [1.29, 1.82) is 0 Å². The number of hydrogen-bond acceptors (Lipinski definition) is 3. The standard InChI is InChI=1S/C17H18Cl2N2O3S/c1-11-4-6-14(8-12(11)2)21(25(3,23)24)10-17(22)20-13-5-7-15(18)16(19)9-13/h4-9H,10H2,1-3H3,(H,20,22). The van der Waals surface area contributed by atoms with Gasteiger partial charge in [0.15, 0.2) is 0 Å². The van der Waals surface area contributed by atoms with Crippen molar-refractivity contribution in [2.24, 2.45) is 0 Å². The molecule has 0 saturated carbocycles. The van der Waals surface area contributed by atoms with Crippen LogP contribution in [0.25, 0.3) is 0 Å². The molecule has 0 radical (unpaired) electrons. The summed E-state index contributed by atoms with van der Waals surface area (Å²) in [6.07, 6.45) is 1.06. The Morgan fingerprint density at radius 3 is 2.28 bits per heavy atom. The normalized spacial score (nSPS) is 11.2. The van der Waals surface area contributed by atoms with Crippen molar-refractivity contribution in [3.05, 3.63) is 57.6 Å². The van der Waals surface area contributed by atoms with Gasteiger partial charge < -0.3 is 5.32 Å². The van der Waals surface area contributed by atoms with Crippen LogP contribution in [0, 0.1) is 13.8 Å². The molecule has 0 spiro atoms.